The molecule has 1 atom stereocenters. The van der Waals surface area contributed by atoms with E-state index in [1.165, 1.54) is 31.2 Å². The predicted molar refractivity (Wildman–Crippen MR) is 108 cm³/mol. The Kier molecular flexibility index (Phi) is 6.40. The van der Waals surface area contributed by atoms with E-state index in [4.69, 9.17) is 4.74 Å². The quantitative estimate of drug-likeness (QED) is 0.521. The molecule has 2 aromatic rings. The molecule has 0 aliphatic carbocycles. The summed E-state index contributed by atoms with van der Waals surface area (Å²) in [7, 11) is -4.07. The van der Waals surface area contributed by atoms with Gasteiger partial charge in [0.15, 0.2) is 9.84 Å². The summed E-state index contributed by atoms with van der Waals surface area (Å²) in [5, 5.41) is 4.86. The number of hydrogen-bond acceptors (Lipinski definition) is 5. The number of sulfone groups is 1. The first kappa shape index (κ1) is 22.4. The minimum absolute atomic E-state index is 0.00331. The highest BCUT2D eigenvalue weighted by atomic mass is 32.2. The number of urea groups is 1. The molecule has 164 valence electrons. The molecule has 10 heteroatoms. The number of benzene rings is 2. The number of carbonyl (C=O) groups is 2. The van der Waals surface area contributed by atoms with Crippen molar-refractivity contribution in [3.8, 4) is 0 Å². The molecule has 0 fully saturated rings. The Balaban J connectivity index is 2.11. The number of amides is 2. The zero-order chi connectivity index (χ0) is 22.8. The van der Waals surface area contributed by atoms with Gasteiger partial charge >= 0.3 is 12.0 Å². The first-order chi connectivity index (χ1) is 14.6. The number of halogens is 2. The first-order valence-corrected chi connectivity index (χ1v) is 11.0. The molecule has 1 aliphatic rings. The Morgan fingerprint density at radius 3 is 2.55 bits per heavy atom. The molecular formula is C21H20F2N2O5S. The zero-order valence-electron chi connectivity index (χ0n) is 16.7. The number of aryl methyl sites for hydroxylation is 1. The van der Waals surface area contributed by atoms with E-state index in [9.17, 15) is 26.8 Å². The molecule has 0 aromatic heterocycles. The maximum atomic E-state index is 13.8. The van der Waals surface area contributed by atoms with Crippen molar-refractivity contribution in [1.29, 1.82) is 0 Å². The van der Waals surface area contributed by atoms with Crippen LogP contribution in [0.25, 0.3) is 0 Å². The molecule has 31 heavy (non-hydrogen) atoms. The maximum Gasteiger partial charge on any atom is 0.338 e. The van der Waals surface area contributed by atoms with Crippen molar-refractivity contribution in [2.45, 2.75) is 24.8 Å². The summed E-state index contributed by atoms with van der Waals surface area (Å²) >= 11 is 0. The highest BCUT2D eigenvalue weighted by Crippen LogP contribution is 2.30. The van der Waals surface area contributed by atoms with Gasteiger partial charge in [-0.25, -0.2) is 26.8 Å². The van der Waals surface area contributed by atoms with Gasteiger partial charge in [0.25, 0.3) is 0 Å². The van der Waals surface area contributed by atoms with Crippen LogP contribution in [0, 0.1) is 18.6 Å². The predicted octanol–water partition coefficient (Wildman–Crippen LogP) is 2.92. The molecule has 2 N–H and O–H groups in total. The van der Waals surface area contributed by atoms with Gasteiger partial charge in [0.05, 0.1) is 28.9 Å². The summed E-state index contributed by atoms with van der Waals surface area (Å²) in [4.78, 5) is 24.8. The molecule has 1 heterocycles. The second-order valence-corrected chi connectivity index (χ2v) is 8.86. The minimum Gasteiger partial charge on any atom is -0.463 e. The normalized spacial score (nSPS) is 16.5. The smallest absolute Gasteiger partial charge is 0.338 e. The third kappa shape index (κ3) is 4.91. The average molecular weight is 450 g/mol. The van der Waals surface area contributed by atoms with E-state index in [-0.39, 0.29) is 33.9 Å². The molecule has 0 bridgehead atoms. The van der Waals surface area contributed by atoms with Crippen LogP contribution >= 0.6 is 0 Å². The van der Waals surface area contributed by atoms with E-state index < -0.39 is 45.3 Å². The van der Waals surface area contributed by atoms with Crippen LogP contribution in [0.5, 0.6) is 0 Å². The molecule has 0 radical (unpaired) electrons. The van der Waals surface area contributed by atoms with Crippen LogP contribution in [0.4, 0.5) is 13.6 Å². The summed E-state index contributed by atoms with van der Waals surface area (Å²) in [6, 6.07) is 6.64. The maximum absolute atomic E-state index is 13.8. The summed E-state index contributed by atoms with van der Waals surface area (Å²) in [6.07, 6.45) is 0. The van der Waals surface area contributed by atoms with Crippen LogP contribution in [0.3, 0.4) is 0 Å². The van der Waals surface area contributed by atoms with E-state index in [1.807, 2.05) is 0 Å². The van der Waals surface area contributed by atoms with Crippen LogP contribution in [-0.2, 0) is 19.4 Å². The Labute approximate surface area is 178 Å². The van der Waals surface area contributed by atoms with Crippen LogP contribution in [-0.4, -0.2) is 32.8 Å². The Morgan fingerprint density at radius 2 is 1.90 bits per heavy atom. The third-order valence-electron chi connectivity index (χ3n) is 4.65. The fraction of sp³-hybridized carbons (Fsp3) is 0.238. The third-order valence-corrected chi connectivity index (χ3v) is 6.29. The van der Waals surface area contributed by atoms with Crippen LogP contribution < -0.4 is 10.6 Å². The fourth-order valence-corrected chi connectivity index (χ4v) is 4.61. The van der Waals surface area contributed by atoms with Gasteiger partial charge in [-0.1, -0.05) is 12.1 Å². The molecule has 7 nitrogen and oxygen atoms in total. The van der Waals surface area contributed by atoms with Crippen molar-refractivity contribution in [2.75, 3.05) is 12.4 Å². The molecule has 1 aliphatic heterocycles. The highest BCUT2D eigenvalue weighted by molar-refractivity contribution is 7.91. The number of nitrogens with one attached hydrogen (secondary N) is 2. The van der Waals surface area contributed by atoms with Gasteiger partial charge in [0.2, 0.25) is 0 Å². The molecule has 2 amide bonds. The van der Waals surface area contributed by atoms with E-state index in [0.29, 0.717) is 0 Å². The van der Waals surface area contributed by atoms with Gasteiger partial charge in [0, 0.05) is 5.70 Å². The van der Waals surface area contributed by atoms with Crippen molar-refractivity contribution in [2.24, 2.45) is 0 Å². The van der Waals surface area contributed by atoms with Crippen LogP contribution in [0.1, 0.15) is 24.1 Å². The summed E-state index contributed by atoms with van der Waals surface area (Å²) < 4.78 is 58.3. The molecule has 3 rings (SSSR count). The van der Waals surface area contributed by atoms with Crippen molar-refractivity contribution in [1.82, 2.24) is 10.6 Å². The highest BCUT2D eigenvalue weighted by Gasteiger charge is 2.36. The van der Waals surface area contributed by atoms with Gasteiger partial charge < -0.3 is 15.4 Å². The van der Waals surface area contributed by atoms with Crippen molar-refractivity contribution in [3.63, 3.8) is 0 Å². The van der Waals surface area contributed by atoms with E-state index in [2.05, 4.69) is 10.6 Å². The molecule has 0 unspecified atom stereocenters. The van der Waals surface area contributed by atoms with Gasteiger partial charge in [-0.2, -0.15) is 0 Å². The van der Waals surface area contributed by atoms with E-state index >= 15 is 0 Å². The number of esters is 1. The van der Waals surface area contributed by atoms with Gasteiger partial charge in [-0.15, -0.1) is 0 Å². The minimum atomic E-state index is -4.07. The topological polar surface area (TPSA) is 102 Å². The summed E-state index contributed by atoms with van der Waals surface area (Å²) in [5.41, 5.74) is 0.0194. The standard InChI is InChI=1S/C21H20F2N2O5S/c1-3-30-20(26)18-17(11-31(28,29)15-7-8-16(23)12(2)9-15)24-21(27)25-19(18)13-5-4-6-14(22)10-13/h4-10,19H,3,11H2,1-2H3,(H2,24,25,27)/t19-/m1/s1. The molecule has 2 aromatic carbocycles. The SMILES string of the molecule is CCOC(=O)C1=C(CS(=O)(=O)c2ccc(F)c(C)c2)NC(=O)N[C@@H]1c1cccc(F)c1. The number of hydrogen-bond donors (Lipinski definition) is 2. The lowest BCUT2D eigenvalue weighted by atomic mass is 9.95. The lowest BCUT2D eigenvalue weighted by Crippen LogP contribution is -2.47. The lowest BCUT2D eigenvalue weighted by Gasteiger charge is -2.29. The van der Waals surface area contributed by atoms with Crippen molar-refractivity contribution >= 4 is 21.8 Å². The van der Waals surface area contributed by atoms with E-state index in [0.717, 1.165) is 18.2 Å². The summed E-state index contributed by atoms with van der Waals surface area (Å²) in [6.45, 7) is 3.00. The van der Waals surface area contributed by atoms with E-state index in [1.54, 1.807) is 6.92 Å². The van der Waals surface area contributed by atoms with Crippen molar-refractivity contribution < 1.29 is 31.5 Å². The van der Waals surface area contributed by atoms with Gasteiger partial charge in [0.1, 0.15) is 11.6 Å². The second kappa shape index (κ2) is 8.84. The number of rotatable bonds is 6. The fourth-order valence-electron chi connectivity index (χ4n) is 3.20. The average Bonchev–Trinajstić information content (AvgIpc) is 2.69. The Bertz CT molecular complexity index is 1180. The largest absolute Gasteiger partial charge is 0.463 e. The molecular weight excluding hydrogens is 430 g/mol. The van der Waals surface area contributed by atoms with Gasteiger partial charge in [-0.05, 0) is 55.3 Å². The van der Waals surface area contributed by atoms with Gasteiger partial charge in [-0.3, -0.25) is 0 Å². The lowest BCUT2D eigenvalue weighted by molar-refractivity contribution is -0.139. The number of carbonyl (C=O) groups excluding carboxylic acids is 2. The Hall–Kier alpha value is -3.27. The molecule has 0 saturated heterocycles. The first-order valence-electron chi connectivity index (χ1n) is 9.34. The molecule has 0 spiro atoms. The summed E-state index contributed by atoms with van der Waals surface area (Å²) in [5.74, 6) is -2.76. The molecule has 0 saturated carbocycles. The van der Waals surface area contributed by atoms with Crippen LogP contribution in [0.2, 0.25) is 0 Å². The monoisotopic (exact) mass is 450 g/mol. The Morgan fingerprint density at radius 1 is 1.16 bits per heavy atom. The van der Waals surface area contributed by atoms with Crippen molar-refractivity contribution in [3.05, 3.63) is 76.5 Å². The van der Waals surface area contributed by atoms with Crippen LogP contribution in [0.15, 0.2) is 58.6 Å². The zero-order valence-corrected chi connectivity index (χ0v) is 17.6. The number of ether oxygens (including phenoxy) is 1. The second-order valence-electron chi connectivity index (χ2n) is 6.87.